The van der Waals surface area contributed by atoms with Gasteiger partial charge in [-0.05, 0) is 41.8 Å². The van der Waals surface area contributed by atoms with Gasteiger partial charge in [-0.3, -0.25) is 4.79 Å². The minimum Gasteiger partial charge on any atom is -0.366 e. The zero-order chi connectivity index (χ0) is 17.4. The van der Waals surface area contributed by atoms with Crippen LogP contribution in [0, 0.1) is 5.92 Å². The van der Waals surface area contributed by atoms with Gasteiger partial charge >= 0.3 is 0 Å². The standard InChI is InChI=1S/C18H20N4OS2/c1-10-2-4-20-8-14(10)22-18-12-6-15(11-3-5-24-9-11)25-16(12)13(7-21-18)17(19)23/h3,5-7,9-10,14,20H,2,4,8H2,1H3,(H2,19,23)(H,21,22). The lowest BCUT2D eigenvalue weighted by Crippen LogP contribution is -2.44. The maximum Gasteiger partial charge on any atom is 0.251 e. The fourth-order valence-electron chi connectivity index (χ4n) is 3.22. The summed E-state index contributed by atoms with van der Waals surface area (Å²) in [6, 6.07) is 4.53. The van der Waals surface area contributed by atoms with E-state index in [1.165, 1.54) is 5.56 Å². The second-order valence-corrected chi connectivity index (χ2v) is 8.30. The van der Waals surface area contributed by atoms with Gasteiger partial charge in [-0.1, -0.05) is 6.92 Å². The van der Waals surface area contributed by atoms with Crippen LogP contribution in [0.3, 0.4) is 0 Å². The molecule has 1 saturated heterocycles. The van der Waals surface area contributed by atoms with Crippen molar-refractivity contribution in [2.75, 3.05) is 18.4 Å². The van der Waals surface area contributed by atoms with Crippen LogP contribution in [0.25, 0.3) is 20.5 Å². The number of hydrogen-bond acceptors (Lipinski definition) is 6. The summed E-state index contributed by atoms with van der Waals surface area (Å²) in [5.41, 5.74) is 7.22. The van der Waals surface area contributed by atoms with Crippen LogP contribution in [0.4, 0.5) is 5.82 Å². The highest BCUT2D eigenvalue weighted by atomic mass is 32.1. The van der Waals surface area contributed by atoms with Gasteiger partial charge in [-0.25, -0.2) is 4.98 Å². The lowest BCUT2D eigenvalue weighted by molar-refractivity contribution is 0.100. The van der Waals surface area contributed by atoms with Gasteiger partial charge < -0.3 is 16.4 Å². The van der Waals surface area contributed by atoms with Crippen molar-refractivity contribution in [2.45, 2.75) is 19.4 Å². The number of nitrogens with one attached hydrogen (secondary N) is 2. The Hall–Kier alpha value is -1.96. The largest absolute Gasteiger partial charge is 0.366 e. The summed E-state index contributed by atoms with van der Waals surface area (Å²) in [6.45, 7) is 4.24. The summed E-state index contributed by atoms with van der Waals surface area (Å²) in [5, 5.41) is 12.2. The molecule has 4 N–H and O–H groups in total. The van der Waals surface area contributed by atoms with Gasteiger partial charge in [-0.2, -0.15) is 11.3 Å². The minimum absolute atomic E-state index is 0.327. The normalized spacial score (nSPS) is 20.7. The molecule has 0 bridgehead atoms. The summed E-state index contributed by atoms with van der Waals surface area (Å²) in [4.78, 5) is 17.5. The first-order valence-corrected chi connectivity index (χ1v) is 10.1. The zero-order valence-corrected chi connectivity index (χ0v) is 15.5. The molecule has 25 heavy (non-hydrogen) atoms. The molecule has 1 fully saturated rings. The topological polar surface area (TPSA) is 80.0 Å². The van der Waals surface area contributed by atoms with Crippen molar-refractivity contribution in [3.8, 4) is 10.4 Å². The van der Waals surface area contributed by atoms with Crippen LogP contribution in [0.2, 0.25) is 0 Å². The molecular formula is C18H20N4OS2. The summed E-state index contributed by atoms with van der Waals surface area (Å²) < 4.78 is 0.905. The van der Waals surface area contributed by atoms with Crippen LogP contribution >= 0.6 is 22.7 Å². The summed E-state index contributed by atoms with van der Waals surface area (Å²) in [6.07, 6.45) is 2.74. The Balaban J connectivity index is 1.79. The molecule has 0 aromatic carbocycles. The highest BCUT2D eigenvalue weighted by Crippen LogP contribution is 2.39. The van der Waals surface area contributed by atoms with Crippen LogP contribution in [0.5, 0.6) is 0 Å². The number of rotatable bonds is 4. The number of carbonyl (C=O) groups excluding carboxylic acids is 1. The van der Waals surface area contributed by atoms with E-state index in [-0.39, 0.29) is 0 Å². The van der Waals surface area contributed by atoms with Gasteiger partial charge in [0.1, 0.15) is 5.82 Å². The van der Waals surface area contributed by atoms with E-state index in [1.54, 1.807) is 28.9 Å². The zero-order valence-electron chi connectivity index (χ0n) is 13.9. The van der Waals surface area contributed by atoms with Crippen molar-refractivity contribution < 1.29 is 4.79 Å². The lowest BCUT2D eigenvalue weighted by atomic mass is 9.95. The maximum atomic E-state index is 11.8. The molecule has 3 aromatic rings. The number of amides is 1. The smallest absolute Gasteiger partial charge is 0.251 e. The third-order valence-electron chi connectivity index (χ3n) is 4.78. The van der Waals surface area contributed by atoms with Gasteiger partial charge in [0.05, 0.1) is 10.3 Å². The van der Waals surface area contributed by atoms with E-state index in [0.717, 1.165) is 40.3 Å². The average Bonchev–Trinajstić information content (AvgIpc) is 3.26. The number of anilines is 1. The molecule has 2 atom stereocenters. The number of nitrogens with zero attached hydrogens (tertiary/aromatic N) is 1. The number of nitrogens with two attached hydrogens (primary N) is 1. The van der Waals surface area contributed by atoms with Gasteiger partial charge in [-0.15, -0.1) is 11.3 Å². The number of pyridine rings is 1. The van der Waals surface area contributed by atoms with Gasteiger partial charge in [0, 0.05) is 34.6 Å². The van der Waals surface area contributed by atoms with Crippen molar-refractivity contribution in [1.82, 2.24) is 10.3 Å². The van der Waals surface area contributed by atoms with E-state index in [4.69, 9.17) is 5.73 Å². The molecule has 7 heteroatoms. The first kappa shape index (κ1) is 16.5. The fourth-order valence-corrected chi connectivity index (χ4v) is 5.12. The molecule has 1 amide bonds. The molecule has 3 aromatic heterocycles. The van der Waals surface area contributed by atoms with Crippen molar-refractivity contribution in [1.29, 1.82) is 0 Å². The Labute approximate surface area is 154 Å². The van der Waals surface area contributed by atoms with Crippen molar-refractivity contribution in [3.63, 3.8) is 0 Å². The molecule has 0 saturated carbocycles. The van der Waals surface area contributed by atoms with E-state index in [2.05, 4.69) is 45.4 Å². The predicted octanol–water partition coefficient (Wildman–Crippen LogP) is 3.53. The Bertz CT molecular complexity index is 903. The highest BCUT2D eigenvalue weighted by Gasteiger charge is 2.23. The Morgan fingerprint density at radius 2 is 2.36 bits per heavy atom. The highest BCUT2D eigenvalue weighted by molar-refractivity contribution is 7.23. The summed E-state index contributed by atoms with van der Waals surface area (Å²) >= 11 is 3.26. The van der Waals surface area contributed by atoms with Crippen molar-refractivity contribution in [3.05, 3.63) is 34.7 Å². The van der Waals surface area contributed by atoms with E-state index < -0.39 is 5.91 Å². The van der Waals surface area contributed by atoms with Crippen LogP contribution < -0.4 is 16.4 Å². The van der Waals surface area contributed by atoms with Crippen LogP contribution in [0.15, 0.2) is 29.1 Å². The van der Waals surface area contributed by atoms with Crippen LogP contribution in [0.1, 0.15) is 23.7 Å². The first-order chi connectivity index (χ1) is 12.1. The van der Waals surface area contributed by atoms with Gasteiger partial charge in [0.15, 0.2) is 0 Å². The van der Waals surface area contributed by atoms with E-state index in [1.807, 2.05) is 0 Å². The molecule has 0 spiro atoms. The predicted molar refractivity (Wildman–Crippen MR) is 106 cm³/mol. The van der Waals surface area contributed by atoms with Crippen LogP contribution in [-0.4, -0.2) is 30.0 Å². The lowest BCUT2D eigenvalue weighted by Gasteiger charge is -2.30. The average molecular weight is 373 g/mol. The summed E-state index contributed by atoms with van der Waals surface area (Å²) in [7, 11) is 0. The maximum absolute atomic E-state index is 11.8. The monoisotopic (exact) mass is 372 g/mol. The summed E-state index contributed by atoms with van der Waals surface area (Å²) in [5.74, 6) is 0.970. The molecule has 0 radical (unpaired) electrons. The van der Waals surface area contributed by atoms with Crippen molar-refractivity contribution in [2.24, 2.45) is 11.7 Å². The van der Waals surface area contributed by atoms with E-state index in [9.17, 15) is 4.79 Å². The molecule has 2 unspecified atom stereocenters. The fraction of sp³-hybridized carbons (Fsp3) is 0.333. The molecule has 4 rings (SSSR count). The van der Waals surface area contributed by atoms with E-state index >= 15 is 0 Å². The van der Waals surface area contributed by atoms with E-state index in [0.29, 0.717) is 17.5 Å². The van der Waals surface area contributed by atoms with Gasteiger partial charge in [0.25, 0.3) is 5.91 Å². The third kappa shape index (κ3) is 3.15. The number of fused-ring (bicyclic) bond motifs is 1. The van der Waals surface area contributed by atoms with Crippen molar-refractivity contribution >= 4 is 44.5 Å². The van der Waals surface area contributed by atoms with Crippen LogP contribution in [-0.2, 0) is 0 Å². The van der Waals surface area contributed by atoms with Gasteiger partial charge in [0.2, 0.25) is 0 Å². The Morgan fingerprint density at radius 3 is 3.08 bits per heavy atom. The number of aromatic nitrogens is 1. The Kier molecular flexibility index (Phi) is 4.45. The molecule has 1 aliphatic rings. The Morgan fingerprint density at radius 1 is 1.48 bits per heavy atom. The second kappa shape index (κ2) is 6.74. The number of carbonyl (C=O) groups is 1. The minimum atomic E-state index is -0.435. The number of thiophene rings is 2. The number of hydrogen-bond donors (Lipinski definition) is 3. The second-order valence-electron chi connectivity index (χ2n) is 6.47. The third-order valence-corrected chi connectivity index (χ3v) is 6.68. The SMILES string of the molecule is CC1CCNCC1Nc1ncc(C(N)=O)c2sc(-c3ccsc3)cc12. The number of piperidine rings is 1. The first-order valence-electron chi connectivity index (χ1n) is 8.35. The molecule has 5 nitrogen and oxygen atoms in total. The molecule has 1 aliphatic heterocycles. The molecule has 0 aliphatic carbocycles. The molecular weight excluding hydrogens is 352 g/mol. The molecule has 130 valence electrons. The number of primary amides is 1. The quantitative estimate of drug-likeness (QED) is 0.654. The molecule has 4 heterocycles.